The van der Waals surface area contributed by atoms with Crippen molar-refractivity contribution in [1.29, 1.82) is 0 Å². The zero-order valence-corrected chi connectivity index (χ0v) is 11.8. The van der Waals surface area contributed by atoms with Crippen molar-refractivity contribution >= 4 is 40.6 Å². The average molecular weight is 310 g/mol. The molecule has 2 aromatic rings. The Labute approximate surface area is 124 Å². The first kappa shape index (κ1) is 14.8. The van der Waals surface area contributed by atoms with Crippen LogP contribution in [0.25, 0.3) is 0 Å². The van der Waals surface area contributed by atoms with Crippen molar-refractivity contribution < 1.29 is 14.2 Å². The molecular weight excluding hydrogens is 298 g/mol. The summed E-state index contributed by atoms with van der Waals surface area (Å²) in [5, 5.41) is 12.2. The van der Waals surface area contributed by atoms with Crippen LogP contribution in [0.5, 0.6) is 0 Å². The van der Waals surface area contributed by atoms with Gasteiger partial charge in [-0.3, -0.25) is 9.59 Å². The lowest BCUT2D eigenvalue weighted by molar-refractivity contribution is -0.115. The summed E-state index contributed by atoms with van der Waals surface area (Å²) in [5.74, 6) is -0.895. The van der Waals surface area contributed by atoms with Gasteiger partial charge in [-0.05, 0) is 28.5 Å². The number of nitrogens with one attached hydrogen (secondary N) is 2. The minimum absolute atomic E-state index is 0.126. The molecule has 0 spiro atoms. The van der Waals surface area contributed by atoms with Gasteiger partial charge in [-0.15, -0.1) is 0 Å². The van der Waals surface area contributed by atoms with E-state index in [1.54, 1.807) is 19.1 Å². The molecule has 0 bridgehead atoms. The lowest BCUT2D eigenvalue weighted by Crippen LogP contribution is -2.15. The molecule has 0 atom stereocenters. The predicted molar refractivity (Wildman–Crippen MR) is 77.0 cm³/mol. The third-order valence-corrected chi connectivity index (χ3v) is 2.88. The highest BCUT2D eigenvalue weighted by molar-refractivity contribution is 6.34. The van der Waals surface area contributed by atoms with Crippen molar-refractivity contribution in [2.75, 3.05) is 16.4 Å². The van der Waals surface area contributed by atoms with Crippen LogP contribution in [-0.4, -0.2) is 22.1 Å². The number of nitrogens with two attached hydrogens (primary N) is 1. The fourth-order valence-electron chi connectivity index (χ4n) is 1.48. The normalized spacial score (nSPS) is 10.2. The highest BCUT2D eigenvalue weighted by atomic mass is 35.5. The van der Waals surface area contributed by atoms with Crippen molar-refractivity contribution in [2.45, 2.75) is 13.3 Å². The van der Waals surface area contributed by atoms with Crippen LogP contribution in [0.4, 0.5) is 17.2 Å². The molecule has 1 aromatic carbocycles. The van der Waals surface area contributed by atoms with E-state index in [4.69, 9.17) is 17.3 Å². The van der Waals surface area contributed by atoms with Gasteiger partial charge in [0.05, 0.1) is 10.7 Å². The summed E-state index contributed by atoms with van der Waals surface area (Å²) in [6.07, 6.45) is 0.339. The zero-order valence-electron chi connectivity index (χ0n) is 11.0. The largest absolute Gasteiger partial charge is 0.379 e. The standard InChI is InChI=1S/C12H12ClN5O3/c1-2-9(19)15-6-3-4-7(13)8(5-6)16-12(20)10-11(14)18-21-17-10/h3-5H,2H2,1H3,(H2,14,18)(H,15,19)(H,16,20). The molecule has 110 valence electrons. The van der Waals surface area contributed by atoms with E-state index in [-0.39, 0.29) is 17.4 Å². The summed E-state index contributed by atoms with van der Waals surface area (Å²) in [6, 6.07) is 4.70. The fourth-order valence-corrected chi connectivity index (χ4v) is 1.65. The first-order chi connectivity index (χ1) is 10.0. The third-order valence-electron chi connectivity index (χ3n) is 2.55. The van der Waals surface area contributed by atoms with Crippen LogP contribution in [0.3, 0.4) is 0 Å². The number of aromatic nitrogens is 2. The van der Waals surface area contributed by atoms with Crippen LogP contribution < -0.4 is 16.4 Å². The summed E-state index contributed by atoms with van der Waals surface area (Å²) in [7, 11) is 0. The van der Waals surface area contributed by atoms with Crippen molar-refractivity contribution in [3.8, 4) is 0 Å². The summed E-state index contributed by atoms with van der Waals surface area (Å²) in [4.78, 5) is 23.3. The minimum atomic E-state index is -0.616. The monoisotopic (exact) mass is 309 g/mol. The third kappa shape index (κ3) is 3.48. The van der Waals surface area contributed by atoms with E-state index in [0.29, 0.717) is 22.8 Å². The summed E-state index contributed by atoms with van der Waals surface area (Å²) < 4.78 is 4.35. The molecule has 4 N–H and O–H groups in total. The van der Waals surface area contributed by atoms with Crippen molar-refractivity contribution in [2.24, 2.45) is 0 Å². The van der Waals surface area contributed by atoms with Gasteiger partial charge in [0.15, 0.2) is 0 Å². The number of halogens is 1. The number of carbonyl (C=O) groups is 2. The molecule has 2 amide bonds. The Morgan fingerprint density at radius 1 is 1.33 bits per heavy atom. The van der Waals surface area contributed by atoms with E-state index in [1.807, 2.05) is 0 Å². The quantitative estimate of drug-likeness (QED) is 0.792. The smallest absolute Gasteiger partial charge is 0.281 e. The van der Waals surface area contributed by atoms with Gasteiger partial charge in [-0.2, -0.15) is 0 Å². The first-order valence-electron chi connectivity index (χ1n) is 6.00. The van der Waals surface area contributed by atoms with E-state index < -0.39 is 5.91 Å². The van der Waals surface area contributed by atoms with E-state index >= 15 is 0 Å². The Hall–Kier alpha value is -2.61. The van der Waals surface area contributed by atoms with Crippen molar-refractivity contribution in [3.63, 3.8) is 0 Å². The number of hydrogen-bond donors (Lipinski definition) is 3. The second-order valence-corrected chi connectivity index (χ2v) is 4.46. The predicted octanol–water partition coefficient (Wildman–Crippen LogP) is 1.91. The van der Waals surface area contributed by atoms with Gasteiger partial charge < -0.3 is 16.4 Å². The van der Waals surface area contributed by atoms with Crippen LogP contribution >= 0.6 is 11.6 Å². The van der Waals surface area contributed by atoms with Crippen LogP contribution in [0, 0.1) is 0 Å². The molecule has 1 heterocycles. The topological polar surface area (TPSA) is 123 Å². The first-order valence-corrected chi connectivity index (χ1v) is 6.37. The number of carbonyl (C=O) groups excluding carboxylic acids is 2. The average Bonchev–Trinajstić information content (AvgIpc) is 2.88. The maximum atomic E-state index is 11.9. The number of amides is 2. The molecule has 0 aliphatic carbocycles. The molecule has 0 fully saturated rings. The summed E-state index contributed by atoms with van der Waals surface area (Å²) in [6.45, 7) is 1.73. The van der Waals surface area contributed by atoms with Gasteiger partial charge in [0.2, 0.25) is 17.4 Å². The molecule has 21 heavy (non-hydrogen) atoms. The zero-order chi connectivity index (χ0) is 15.4. The van der Waals surface area contributed by atoms with E-state index in [1.165, 1.54) is 6.07 Å². The van der Waals surface area contributed by atoms with Crippen LogP contribution in [0.2, 0.25) is 5.02 Å². The minimum Gasteiger partial charge on any atom is -0.379 e. The molecule has 0 aliphatic rings. The SMILES string of the molecule is CCC(=O)Nc1ccc(Cl)c(NC(=O)c2nonc2N)c1. The Balaban J connectivity index is 2.19. The molecule has 2 rings (SSSR count). The van der Waals surface area contributed by atoms with Gasteiger partial charge in [0.1, 0.15) is 0 Å². The van der Waals surface area contributed by atoms with E-state index in [2.05, 4.69) is 25.6 Å². The second kappa shape index (κ2) is 6.23. The summed E-state index contributed by atoms with van der Waals surface area (Å²) >= 11 is 5.99. The number of benzene rings is 1. The second-order valence-electron chi connectivity index (χ2n) is 4.05. The highest BCUT2D eigenvalue weighted by Gasteiger charge is 2.17. The molecule has 0 saturated carbocycles. The maximum absolute atomic E-state index is 11.9. The molecule has 0 saturated heterocycles. The Bertz CT molecular complexity index is 685. The van der Waals surface area contributed by atoms with Crippen molar-refractivity contribution in [1.82, 2.24) is 10.3 Å². The number of nitrogens with zero attached hydrogens (tertiary/aromatic N) is 2. The Morgan fingerprint density at radius 2 is 2.10 bits per heavy atom. The number of nitrogen functional groups attached to an aromatic ring is 1. The molecule has 0 unspecified atom stereocenters. The Morgan fingerprint density at radius 3 is 2.71 bits per heavy atom. The van der Waals surface area contributed by atoms with E-state index in [0.717, 1.165) is 0 Å². The van der Waals surface area contributed by atoms with Gasteiger partial charge in [-0.25, -0.2) is 4.63 Å². The molecule has 8 nitrogen and oxygen atoms in total. The molecule has 0 aliphatic heterocycles. The highest BCUT2D eigenvalue weighted by Crippen LogP contribution is 2.26. The lowest BCUT2D eigenvalue weighted by Gasteiger charge is -2.09. The van der Waals surface area contributed by atoms with Gasteiger partial charge in [0.25, 0.3) is 5.91 Å². The molecule has 1 aromatic heterocycles. The van der Waals surface area contributed by atoms with Crippen LogP contribution in [0.1, 0.15) is 23.8 Å². The number of rotatable bonds is 4. The molecule has 0 radical (unpaired) electrons. The molecular formula is C12H12ClN5O3. The van der Waals surface area contributed by atoms with E-state index in [9.17, 15) is 9.59 Å². The van der Waals surface area contributed by atoms with Crippen molar-refractivity contribution in [3.05, 3.63) is 28.9 Å². The van der Waals surface area contributed by atoms with Gasteiger partial charge >= 0.3 is 0 Å². The van der Waals surface area contributed by atoms with Gasteiger partial charge in [0, 0.05) is 12.1 Å². The van der Waals surface area contributed by atoms with Crippen LogP contribution in [-0.2, 0) is 4.79 Å². The molecule has 9 heteroatoms. The summed E-state index contributed by atoms with van der Waals surface area (Å²) in [5.41, 5.74) is 6.10. The van der Waals surface area contributed by atoms with Gasteiger partial charge in [-0.1, -0.05) is 18.5 Å². The Kier molecular flexibility index (Phi) is 4.39. The fraction of sp³-hybridized carbons (Fsp3) is 0.167. The number of anilines is 3. The van der Waals surface area contributed by atoms with Crippen LogP contribution in [0.15, 0.2) is 22.8 Å². The lowest BCUT2D eigenvalue weighted by atomic mass is 10.2. The number of hydrogen-bond acceptors (Lipinski definition) is 6. The maximum Gasteiger partial charge on any atom is 0.281 e.